The van der Waals surface area contributed by atoms with E-state index in [1.54, 1.807) is 0 Å². The van der Waals surface area contributed by atoms with E-state index in [9.17, 15) is 0 Å². The predicted octanol–water partition coefficient (Wildman–Crippen LogP) is 4.85. The highest BCUT2D eigenvalue weighted by Crippen LogP contribution is 2.46. The minimum atomic E-state index is 1.17. The molecule has 84 valence electrons. The monoisotopic (exact) mass is 239 g/mol. The van der Waals surface area contributed by atoms with E-state index in [-0.39, 0.29) is 0 Å². The van der Waals surface area contributed by atoms with Crippen molar-refractivity contribution in [2.75, 3.05) is 5.32 Å². The largest absolute Gasteiger partial charge is 0.354 e. The summed E-state index contributed by atoms with van der Waals surface area (Å²) in [5.74, 6) is 0. The van der Waals surface area contributed by atoms with E-state index in [4.69, 9.17) is 0 Å². The summed E-state index contributed by atoms with van der Waals surface area (Å²) >= 11 is 1.81. The molecule has 0 amide bonds. The molecule has 2 aromatic rings. The number of rotatable bonds is 1. The van der Waals surface area contributed by atoms with Gasteiger partial charge in [0.1, 0.15) is 0 Å². The van der Waals surface area contributed by atoms with E-state index in [1.807, 2.05) is 17.8 Å². The van der Waals surface area contributed by atoms with Crippen LogP contribution < -0.4 is 5.32 Å². The predicted molar refractivity (Wildman–Crippen MR) is 75.1 cm³/mol. The standard InChI is InChI=1S/C15H13NS/c1-3-11-5-4-6-12-15(11)17-14-8-7-10(2)9-13(14)16-12/h3-9,16H,1H2,2H3. The van der Waals surface area contributed by atoms with Crippen molar-refractivity contribution < 1.29 is 0 Å². The SMILES string of the molecule is C=Cc1cccc2c1Sc1ccc(C)cc1N2. The highest BCUT2D eigenvalue weighted by atomic mass is 32.2. The lowest BCUT2D eigenvalue weighted by molar-refractivity contribution is 1.28. The van der Waals surface area contributed by atoms with Gasteiger partial charge < -0.3 is 5.32 Å². The molecule has 1 nitrogen and oxygen atoms in total. The fourth-order valence-corrected chi connectivity index (χ4v) is 3.09. The molecule has 0 atom stereocenters. The smallest absolute Gasteiger partial charge is 0.0532 e. The second-order valence-corrected chi connectivity index (χ2v) is 5.21. The van der Waals surface area contributed by atoms with Gasteiger partial charge in [-0.05, 0) is 36.2 Å². The van der Waals surface area contributed by atoms with Gasteiger partial charge in [-0.25, -0.2) is 0 Å². The summed E-state index contributed by atoms with van der Waals surface area (Å²) in [5.41, 5.74) is 4.83. The molecule has 0 unspecified atom stereocenters. The Balaban J connectivity index is 2.13. The average Bonchev–Trinajstić information content (AvgIpc) is 2.35. The summed E-state index contributed by atoms with van der Waals surface area (Å²) in [7, 11) is 0. The fourth-order valence-electron chi connectivity index (χ4n) is 2.01. The van der Waals surface area contributed by atoms with Crippen LogP contribution in [0.1, 0.15) is 11.1 Å². The zero-order chi connectivity index (χ0) is 11.8. The first-order chi connectivity index (χ1) is 8.28. The van der Waals surface area contributed by atoms with Gasteiger partial charge in [-0.15, -0.1) is 0 Å². The third-order valence-electron chi connectivity index (χ3n) is 2.88. The second-order valence-electron chi connectivity index (χ2n) is 4.15. The summed E-state index contributed by atoms with van der Waals surface area (Å²) < 4.78 is 0. The van der Waals surface area contributed by atoms with Crippen LogP contribution in [0, 0.1) is 6.92 Å². The van der Waals surface area contributed by atoms with Crippen molar-refractivity contribution in [3.05, 3.63) is 54.1 Å². The Morgan fingerprint density at radius 2 is 2.06 bits per heavy atom. The van der Waals surface area contributed by atoms with E-state index in [0.29, 0.717) is 0 Å². The van der Waals surface area contributed by atoms with Gasteiger partial charge in [-0.2, -0.15) is 0 Å². The lowest BCUT2D eigenvalue weighted by Gasteiger charge is -2.22. The summed E-state index contributed by atoms with van der Waals surface area (Å²) in [6, 6.07) is 12.8. The number of hydrogen-bond donors (Lipinski definition) is 1. The van der Waals surface area contributed by atoms with Crippen LogP contribution in [0.15, 0.2) is 52.8 Å². The van der Waals surface area contributed by atoms with Crippen molar-refractivity contribution in [2.24, 2.45) is 0 Å². The van der Waals surface area contributed by atoms with Crippen molar-refractivity contribution in [2.45, 2.75) is 16.7 Å². The van der Waals surface area contributed by atoms with Crippen molar-refractivity contribution in [1.29, 1.82) is 0 Å². The molecule has 0 spiro atoms. The third-order valence-corrected chi connectivity index (χ3v) is 4.12. The highest BCUT2D eigenvalue weighted by molar-refractivity contribution is 7.99. The van der Waals surface area contributed by atoms with Crippen LogP contribution in [-0.4, -0.2) is 0 Å². The van der Waals surface area contributed by atoms with Crippen LogP contribution in [0.4, 0.5) is 11.4 Å². The van der Waals surface area contributed by atoms with Crippen LogP contribution in [-0.2, 0) is 0 Å². The zero-order valence-electron chi connectivity index (χ0n) is 9.66. The minimum Gasteiger partial charge on any atom is -0.354 e. The molecule has 3 rings (SSSR count). The summed E-state index contributed by atoms with van der Waals surface area (Å²) in [4.78, 5) is 2.54. The fraction of sp³-hybridized carbons (Fsp3) is 0.0667. The van der Waals surface area contributed by atoms with Gasteiger partial charge in [-0.3, -0.25) is 0 Å². The second kappa shape index (κ2) is 3.97. The molecule has 0 fully saturated rings. The molecule has 2 aromatic carbocycles. The molecule has 0 saturated carbocycles. The molecule has 1 aliphatic heterocycles. The van der Waals surface area contributed by atoms with Crippen molar-refractivity contribution in [3.8, 4) is 0 Å². The number of benzene rings is 2. The first kappa shape index (κ1) is 10.5. The number of fused-ring (bicyclic) bond motifs is 2. The van der Waals surface area contributed by atoms with Crippen LogP contribution in [0.25, 0.3) is 6.08 Å². The number of hydrogen-bond acceptors (Lipinski definition) is 2. The summed E-state index contributed by atoms with van der Waals surface area (Å²) in [5, 5.41) is 3.49. The van der Waals surface area contributed by atoms with E-state index in [2.05, 4.69) is 55.2 Å². The van der Waals surface area contributed by atoms with Gasteiger partial charge in [-0.1, -0.05) is 42.6 Å². The molecular weight excluding hydrogens is 226 g/mol. The molecule has 17 heavy (non-hydrogen) atoms. The van der Waals surface area contributed by atoms with E-state index < -0.39 is 0 Å². The van der Waals surface area contributed by atoms with Crippen LogP contribution in [0.3, 0.4) is 0 Å². The Labute approximate surface area is 106 Å². The Kier molecular flexibility index (Phi) is 2.45. The van der Waals surface area contributed by atoms with E-state index in [0.717, 1.165) is 0 Å². The number of nitrogens with one attached hydrogen (secondary N) is 1. The first-order valence-electron chi connectivity index (χ1n) is 5.59. The maximum absolute atomic E-state index is 3.87. The molecule has 0 aliphatic carbocycles. The van der Waals surface area contributed by atoms with Gasteiger partial charge in [0.05, 0.1) is 11.4 Å². The third kappa shape index (κ3) is 1.75. The highest BCUT2D eigenvalue weighted by Gasteiger charge is 2.17. The molecule has 1 heterocycles. The topological polar surface area (TPSA) is 12.0 Å². The maximum atomic E-state index is 3.87. The molecule has 0 aromatic heterocycles. The Bertz CT molecular complexity index is 602. The van der Waals surface area contributed by atoms with E-state index in [1.165, 1.54) is 32.3 Å². The number of aryl methyl sites for hydroxylation is 1. The van der Waals surface area contributed by atoms with Gasteiger partial charge >= 0.3 is 0 Å². The lowest BCUT2D eigenvalue weighted by atomic mass is 10.1. The molecule has 1 aliphatic rings. The van der Waals surface area contributed by atoms with Crippen molar-refractivity contribution in [3.63, 3.8) is 0 Å². The van der Waals surface area contributed by atoms with Gasteiger partial charge in [0.25, 0.3) is 0 Å². The molecular formula is C15H13NS. The normalized spacial score (nSPS) is 12.3. The maximum Gasteiger partial charge on any atom is 0.0532 e. The van der Waals surface area contributed by atoms with Crippen molar-refractivity contribution in [1.82, 2.24) is 0 Å². The lowest BCUT2D eigenvalue weighted by Crippen LogP contribution is -2.01. The summed E-state index contributed by atoms with van der Waals surface area (Å²) in [6.07, 6.45) is 1.91. The molecule has 1 N–H and O–H groups in total. The van der Waals surface area contributed by atoms with Gasteiger partial charge in [0, 0.05) is 9.79 Å². The Hall–Kier alpha value is -1.67. The molecule has 0 saturated heterocycles. The van der Waals surface area contributed by atoms with Crippen LogP contribution >= 0.6 is 11.8 Å². The van der Waals surface area contributed by atoms with Gasteiger partial charge in [0.15, 0.2) is 0 Å². The Morgan fingerprint density at radius 3 is 2.88 bits per heavy atom. The summed E-state index contributed by atoms with van der Waals surface area (Å²) in [6.45, 7) is 5.98. The number of anilines is 2. The van der Waals surface area contributed by atoms with Crippen LogP contribution in [0.5, 0.6) is 0 Å². The Morgan fingerprint density at radius 1 is 1.18 bits per heavy atom. The quantitative estimate of drug-likeness (QED) is 0.651. The molecule has 0 radical (unpaired) electrons. The van der Waals surface area contributed by atoms with Crippen molar-refractivity contribution >= 4 is 29.2 Å². The first-order valence-corrected chi connectivity index (χ1v) is 6.40. The molecule has 2 heteroatoms. The zero-order valence-corrected chi connectivity index (χ0v) is 10.5. The molecule has 0 bridgehead atoms. The average molecular weight is 239 g/mol. The van der Waals surface area contributed by atoms with E-state index >= 15 is 0 Å². The van der Waals surface area contributed by atoms with Crippen LogP contribution in [0.2, 0.25) is 0 Å². The minimum absolute atomic E-state index is 1.17. The van der Waals surface area contributed by atoms with Gasteiger partial charge in [0.2, 0.25) is 0 Å².